The molecule has 2 aromatic carbocycles. The van der Waals surface area contributed by atoms with Crippen molar-refractivity contribution in [1.82, 2.24) is 0 Å². The molecule has 0 spiro atoms. The van der Waals surface area contributed by atoms with Gasteiger partial charge in [-0.1, -0.05) is 42.5 Å². The Bertz CT molecular complexity index is 810. The second-order valence-electron chi connectivity index (χ2n) is 6.58. The van der Waals surface area contributed by atoms with E-state index >= 15 is 0 Å². The van der Waals surface area contributed by atoms with E-state index in [1.54, 1.807) is 24.3 Å². The topological polar surface area (TPSA) is 89.9 Å². The Morgan fingerprint density at radius 2 is 1.63 bits per heavy atom. The summed E-state index contributed by atoms with van der Waals surface area (Å²) in [5, 5.41) is 9.41. The third-order valence-corrected chi connectivity index (χ3v) is 4.39. The molecule has 6 nitrogen and oxygen atoms in total. The van der Waals surface area contributed by atoms with Crippen LogP contribution in [0.15, 0.2) is 54.6 Å². The molecule has 7 heteroatoms. The van der Waals surface area contributed by atoms with Gasteiger partial charge in [-0.05, 0) is 29.7 Å². The molecule has 2 rings (SSSR count). The zero-order valence-electron chi connectivity index (χ0n) is 15.3. The number of carbonyl (C=O) groups excluding carboxylic acids is 1. The van der Waals surface area contributed by atoms with E-state index in [2.05, 4.69) is 0 Å². The van der Waals surface area contributed by atoms with Crippen molar-refractivity contribution in [2.45, 2.75) is 19.4 Å². The van der Waals surface area contributed by atoms with Crippen LogP contribution >= 0.6 is 7.37 Å². The molecule has 144 valence electrons. The average molecular weight is 390 g/mol. The highest BCUT2D eigenvalue weighted by Crippen LogP contribution is 2.38. The van der Waals surface area contributed by atoms with E-state index in [0.29, 0.717) is 5.75 Å². The number of esters is 1. The average Bonchev–Trinajstić information content (AvgIpc) is 2.60. The maximum absolute atomic E-state index is 12.0. The summed E-state index contributed by atoms with van der Waals surface area (Å²) in [5.74, 6) is -2.03. The molecule has 0 aliphatic heterocycles. The van der Waals surface area contributed by atoms with Crippen molar-refractivity contribution in [3.05, 3.63) is 65.7 Å². The van der Waals surface area contributed by atoms with Gasteiger partial charge in [0.25, 0.3) is 0 Å². The van der Waals surface area contributed by atoms with Crippen molar-refractivity contribution < 1.29 is 28.5 Å². The van der Waals surface area contributed by atoms with Crippen LogP contribution in [0.25, 0.3) is 0 Å². The lowest BCUT2D eigenvalue weighted by Crippen LogP contribution is -2.21. The molecule has 0 saturated heterocycles. The summed E-state index contributed by atoms with van der Waals surface area (Å²) in [7, 11) is -2.65. The first kappa shape index (κ1) is 20.7. The highest BCUT2D eigenvalue weighted by atomic mass is 31.2. The second-order valence-corrected chi connectivity index (χ2v) is 9.26. The third kappa shape index (κ3) is 7.67. The van der Waals surface area contributed by atoms with Gasteiger partial charge < -0.3 is 14.4 Å². The zero-order valence-corrected chi connectivity index (χ0v) is 16.2. The van der Waals surface area contributed by atoms with Crippen LogP contribution in [-0.2, 0) is 31.9 Å². The van der Waals surface area contributed by atoms with Crippen LogP contribution < -0.4 is 4.52 Å². The maximum Gasteiger partial charge on any atom is 0.307 e. The van der Waals surface area contributed by atoms with Crippen molar-refractivity contribution in [1.29, 1.82) is 0 Å². The number of carboxylic acid groups (broad SMARTS) is 1. The minimum atomic E-state index is -2.65. The number of hydrogen-bond acceptors (Lipinski definition) is 5. The molecule has 0 fully saturated rings. The first-order valence-electron chi connectivity index (χ1n) is 8.49. The predicted octanol–water partition coefficient (Wildman–Crippen LogP) is 3.98. The fraction of sp³-hybridized carbons (Fsp3) is 0.300. The molecular weight excluding hydrogens is 367 g/mol. The lowest BCUT2D eigenvalue weighted by Gasteiger charge is -2.14. The van der Waals surface area contributed by atoms with Crippen molar-refractivity contribution in [3.8, 4) is 5.75 Å². The summed E-state index contributed by atoms with van der Waals surface area (Å²) < 4.78 is 22.1. The van der Waals surface area contributed by atoms with E-state index in [4.69, 9.17) is 9.26 Å². The zero-order chi connectivity index (χ0) is 19.9. The number of carboxylic acids is 1. The Morgan fingerprint density at radius 3 is 2.19 bits per heavy atom. The van der Waals surface area contributed by atoms with E-state index in [-0.39, 0.29) is 19.4 Å². The van der Waals surface area contributed by atoms with Gasteiger partial charge in [0.15, 0.2) is 0 Å². The highest BCUT2D eigenvalue weighted by Gasteiger charge is 2.23. The normalized spacial score (nSPS) is 12.2. The van der Waals surface area contributed by atoms with Crippen LogP contribution in [0.4, 0.5) is 0 Å². The molecule has 0 saturated carbocycles. The van der Waals surface area contributed by atoms with Crippen LogP contribution in [0, 0.1) is 5.92 Å². The van der Waals surface area contributed by atoms with E-state index in [1.807, 2.05) is 30.3 Å². The molecule has 1 unspecified atom stereocenters. The van der Waals surface area contributed by atoms with Crippen LogP contribution in [0.1, 0.15) is 17.5 Å². The lowest BCUT2D eigenvalue weighted by molar-refractivity contribution is -0.152. The molecule has 1 atom stereocenters. The van der Waals surface area contributed by atoms with Gasteiger partial charge in [-0.3, -0.25) is 14.2 Å². The molecular formula is C20H23O6P. The minimum absolute atomic E-state index is 0.117. The smallest absolute Gasteiger partial charge is 0.307 e. The summed E-state index contributed by atoms with van der Waals surface area (Å²) in [6.07, 6.45) is -0.0223. The quantitative estimate of drug-likeness (QED) is 0.515. The van der Waals surface area contributed by atoms with Gasteiger partial charge in [0.2, 0.25) is 7.37 Å². The lowest BCUT2D eigenvalue weighted by atomic mass is 9.96. The fourth-order valence-corrected chi connectivity index (χ4v) is 3.10. The molecule has 0 aliphatic carbocycles. The Balaban J connectivity index is 1.92. The van der Waals surface area contributed by atoms with Crippen LogP contribution in [0.3, 0.4) is 0 Å². The molecule has 27 heavy (non-hydrogen) atoms. The predicted molar refractivity (Wildman–Crippen MR) is 102 cm³/mol. The number of carbonyl (C=O) groups is 2. The molecule has 0 aliphatic rings. The molecule has 0 bridgehead atoms. The monoisotopic (exact) mass is 390 g/mol. The van der Waals surface area contributed by atoms with Gasteiger partial charge in [-0.2, -0.15) is 0 Å². The largest absolute Gasteiger partial charge is 0.481 e. The summed E-state index contributed by atoms with van der Waals surface area (Å²) in [6.45, 7) is 3.15. The third-order valence-electron chi connectivity index (χ3n) is 3.74. The summed E-state index contributed by atoms with van der Waals surface area (Å²) in [5.41, 5.74) is 1.59. The summed E-state index contributed by atoms with van der Waals surface area (Å²) in [6, 6.07) is 15.9. The Hall–Kier alpha value is -2.59. The van der Waals surface area contributed by atoms with Crippen LogP contribution in [0.2, 0.25) is 0 Å². The molecule has 0 radical (unpaired) electrons. The van der Waals surface area contributed by atoms with Crippen LogP contribution in [-0.4, -0.2) is 30.4 Å². The van der Waals surface area contributed by atoms with Crippen molar-refractivity contribution >= 4 is 19.3 Å². The van der Waals surface area contributed by atoms with Crippen molar-refractivity contribution in [3.63, 3.8) is 0 Å². The number of rotatable bonds is 9. The maximum atomic E-state index is 12.0. The van der Waals surface area contributed by atoms with E-state index in [1.165, 1.54) is 13.3 Å². The number of ether oxygens (including phenoxy) is 1. The van der Waals surface area contributed by atoms with Crippen LogP contribution in [0.5, 0.6) is 5.75 Å². The molecule has 0 amide bonds. The molecule has 0 aromatic heterocycles. The molecule has 2 aromatic rings. The van der Waals surface area contributed by atoms with Gasteiger partial charge in [-0.15, -0.1) is 0 Å². The molecule has 1 N–H and O–H groups in total. The summed E-state index contributed by atoms with van der Waals surface area (Å²) in [4.78, 5) is 23.5. The van der Waals surface area contributed by atoms with Gasteiger partial charge in [0.1, 0.15) is 12.4 Å². The number of aliphatic carboxylic acids is 1. The van der Waals surface area contributed by atoms with Crippen molar-refractivity contribution in [2.75, 3.05) is 13.3 Å². The van der Waals surface area contributed by atoms with Gasteiger partial charge in [0.05, 0.1) is 12.3 Å². The highest BCUT2D eigenvalue weighted by molar-refractivity contribution is 7.57. The van der Waals surface area contributed by atoms with Gasteiger partial charge >= 0.3 is 11.9 Å². The Morgan fingerprint density at radius 1 is 1.00 bits per heavy atom. The minimum Gasteiger partial charge on any atom is -0.481 e. The first-order chi connectivity index (χ1) is 12.7. The van der Waals surface area contributed by atoms with E-state index in [9.17, 15) is 19.3 Å². The number of hydrogen-bond donors (Lipinski definition) is 1. The SMILES string of the molecule is CP(C)(=O)Oc1ccc(CC(CC(=O)OCc2ccccc2)C(=O)O)cc1. The number of benzene rings is 2. The van der Waals surface area contributed by atoms with Gasteiger partial charge in [0, 0.05) is 13.3 Å². The summed E-state index contributed by atoms with van der Waals surface area (Å²) >= 11 is 0. The Kier molecular flexibility index (Phi) is 7.19. The van der Waals surface area contributed by atoms with Crippen molar-refractivity contribution in [2.24, 2.45) is 5.92 Å². The Labute approximate surface area is 158 Å². The van der Waals surface area contributed by atoms with E-state index in [0.717, 1.165) is 11.1 Å². The van der Waals surface area contributed by atoms with Gasteiger partial charge in [-0.25, -0.2) is 0 Å². The standard InChI is InChI=1S/C20H23O6P/c1-27(2,24)26-18-10-8-15(9-11-18)12-17(20(22)23)13-19(21)25-14-16-6-4-3-5-7-16/h3-11,17H,12-14H2,1-2H3,(H,22,23). The first-order valence-corrected chi connectivity index (χ1v) is 11.0. The fourth-order valence-electron chi connectivity index (χ4n) is 2.47. The second kappa shape index (κ2) is 9.38. The molecule has 0 heterocycles. The van der Waals surface area contributed by atoms with E-state index < -0.39 is 25.2 Å².